The standard InChI is InChI=1S/C3H7Cl3GeO/c1-3(2,8)7(4,5)6/h8H,1-2H3. The molecule has 0 fully saturated rings. The molecule has 0 saturated heterocycles. The van der Waals surface area contributed by atoms with Gasteiger partial charge in [0.2, 0.25) is 0 Å². The maximum atomic E-state index is 9.04. The third-order valence-electron chi connectivity index (χ3n) is 0.694. The summed E-state index contributed by atoms with van der Waals surface area (Å²) in [5.74, 6) is 0. The fourth-order valence-electron chi connectivity index (χ4n) is 0. The zero-order valence-electron chi connectivity index (χ0n) is 4.58. The summed E-state index contributed by atoms with van der Waals surface area (Å²) in [7, 11) is 13.1. The molecule has 0 aliphatic heterocycles. The molecule has 0 unspecified atom stereocenters. The topological polar surface area (TPSA) is 20.2 Å². The van der Waals surface area contributed by atoms with Crippen LogP contribution in [0.3, 0.4) is 0 Å². The molecule has 0 aliphatic rings. The summed E-state index contributed by atoms with van der Waals surface area (Å²) in [6.45, 7) is 3.03. The van der Waals surface area contributed by atoms with Crippen molar-refractivity contribution >= 4 is 40.5 Å². The molecule has 1 N–H and O–H groups in total. The molecular weight excluding hydrogens is 231 g/mol. The van der Waals surface area contributed by atoms with E-state index >= 15 is 0 Å². The summed E-state index contributed by atoms with van der Waals surface area (Å²) in [6.07, 6.45) is 0. The molecule has 0 atom stereocenters. The second kappa shape index (κ2) is 2.55. The van der Waals surface area contributed by atoms with Crippen LogP contribution in [0.2, 0.25) is 0 Å². The first kappa shape index (κ1) is 9.37. The molecule has 0 aromatic heterocycles. The Morgan fingerprint density at radius 1 is 1.25 bits per heavy atom. The monoisotopic (exact) mass is 238 g/mol. The van der Waals surface area contributed by atoms with E-state index in [0.717, 1.165) is 0 Å². The van der Waals surface area contributed by atoms with E-state index in [1.54, 1.807) is 0 Å². The number of rotatable bonds is 1. The Balaban J connectivity index is 4.02. The molecular formula is C3H7Cl3GeO. The first-order valence-electron chi connectivity index (χ1n) is 2.04. The molecule has 0 radical (unpaired) electrons. The molecule has 0 spiro atoms. The number of hydrogen-bond donors (Lipinski definition) is 1. The van der Waals surface area contributed by atoms with E-state index in [2.05, 4.69) is 0 Å². The first-order chi connectivity index (χ1) is 3.25. The summed E-state index contributed by atoms with van der Waals surface area (Å²) in [5, 5.41) is 9.04. The van der Waals surface area contributed by atoms with Gasteiger partial charge in [-0.2, -0.15) is 0 Å². The predicted molar refractivity (Wildman–Crippen MR) is 39.6 cm³/mol. The average Bonchev–Trinajstić information content (AvgIpc) is 1.25. The van der Waals surface area contributed by atoms with Crippen molar-refractivity contribution in [3.8, 4) is 0 Å². The van der Waals surface area contributed by atoms with Crippen LogP contribution < -0.4 is 0 Å². The van der Waals surface area contributed by atoms with E-state index in [4.69, 9.17) is 35.1 Å². The molecule has 0 heterocycles. The van der Waals surface area contributed by atoms with E-state index < -0.39 is 14.9 Å². The van der Waals surface area contributed by atoms with Crippen LogP contribution in [0.4, 0.5) is 0 Å². The second-order valence-corrected chi connectivity index (χ2v) is 18.6. The molecule has 50 valence electrons. The van der Waals surface area contributed by atoms with Crippen LogP contribution >= 0.6 is 30.0 Å². The van der Waals surface area contributed by atoms with Crippen LogP contribution in [-0.2, 0) is 0 Å². The van der Waals surface area contributed by atoms with Gasteiger partial charge in [-0.3, -0.25) is 0 Å². The molecule has 0 aromatic carbocycles. The van der Waals surface area contributed by atoms with Crippen molar-refractivity contribution in [2.45, 2.75) is 18.3 Å². The fourth-order valence-corrected chi connectivity index (χ4v) is 0. The van der Waals surface area contributed by atoms with Crippen LogP contribution in [0.25, 0.3) is 0 Å². The molecule has 0 amide bonds. The summed E-state index contributed by atoms with van der Waals surface area (Å²) in [6, 6.07) is 0. The molecule has 1 nitrogen and oxygen atoms in total. The molecule has 5 heteroatoms. The predicted octanol–water partition coefficient (Wildman–Crippen LogP) is 1.95. The molecule has 0 bridgehead atoms. The van der Waals surface area contributed by atoms with Crippen LogP contribution in [0.15, 0.2) is 0 Å². The van der Waals surface area contributed by atoms with E-state index in [0.29, 0.717) is 0 Å². The van der Waals surface area contributed by atoms with Gasteiger partial charge in [-0.25, -0.2) is 0 Å². The molecule has 0 aromatic rings. The fraction of sp³-hybridized carbons (Fsp3) is 1.00. The minimum atomic E-state index is -3.34. The van der Waals surface area contributed by atoms with E-state index in [1.807, 2.05) is 0 Å². The van der Waals surface area contributed by atoms with Gasteiger partial charge in [0.15, 0.2) is 0 Å². The van der Waals surface area contributed by atoms with Crippen LogP contribution in [0.5, 0.6) is 0 Å². The third kappa shape index (κ3) is 2.78. The van der Waals surface area contributed by atoms with Gasteiger partial charge >= 0.3 is 63.9 Å². The van der Waals surface area contributed by atoms with Gasteiger partial charge in [0.05, 0.1) is 0 Å². The molecule has 8 heavy (non-hydrogen) atoms. The van der Waals surface area contributed by atoms with E-state index in [9.17, 15) is 0 Å². The summed E-state index contributed by atoms with van der Waals surface area (Å²) in [4.78, 5) is 0. The van der Waals surface area contributed by atoms with Crippen molar-refractivity contribution < 1.29 is 5.11 Å². The summed E-state index contributed by atoms with van der Waals surface area (Å²) >= 11 is 0. The quantitative estimate of drug-likeness (QED) is 0.692. The van der Waals surface area contributed by atoms with E-state index in [-0.39, 0.29) is 0 Å². The van der Waals surface area contributed by atoms with Gasteiger partial charge in [0, 0.05) is 0 Å². The number of aliphatic hydroxyl groups is 1. The van der Waals surface area contributed by atoms with Crippen molar-refractivity contribution in [2.75, 3.05) is 0 Å². The number of halogens is 3. The van der Waals surface area contributed by atoms with E-state index in [1.165, 1.54) is 13.8 Å². The Bertz CT molecular complexity index is 69.5. The van der Waals surface area contributed by atoms with Gasteiger partial charge < -0.3 is 0 Å². The zero-order chi connectivity index (χ0) is 7.00. The van der Waals surface area contributed by atoms with Crippen molar-refractivity contribution in [2.24, 2.45) is 0 Å². The Morgan fingerprint density at radius 3 is 1.38 bits per heavy atom. The summed E-state index contributed by atoms with van der Waals surface area (Å²) in [5.41, 5.74) is 0. The molecule has 0 aliphatic carbocycles. The zero-order valence-corrected chi connectivity index (χ0v) is 8.95. The Morgan fingerprint density at radius 2 is 1.38 bits per heavy atom. The molecule has 0 saturated carbocycles. The first-order valence-corrected chi connectivity index (χ1v) is 11.4. The maximum absolute atomic E-state index is 9.04. The SMILES string of the molecule is C[C](C)(O)[Ge]([Cl])([Cl])[Cl]. The van der Waals surface area contributed by atoms with Crippen molar-refractivity contribution in [1.29, 1.82) is 0 Å². The molecule has 0 rings (SSSR count). The normalized spacial score (nSPS) is 14.2. The van der Waals surface area contributed by atoms with Crippen molar-refractivity contribution in [3.63, 3.8) is 0 Å². The van der Waals surface area contributed by atoms with Gasteiger partial charge in [0.1, 0.15) is 0 Å². The van der Waals surface area contributed by atoms with Crippen LogP contribution in [0, 0.1) is 0 Å². The number of hydrogen-bond acceptors (Lipinski definition) is 1. The van der Waals surface area contributed by atoms with Gasteiger partial charge in [0.25, 0.3) is 0 Å². The Labute approximate surface area is 63.8 Å². The van der Waals surface area contributed by atoms with Crippen molar-refractivity contribution in [3.05, 3.63) is 0 Å². The van der Waals surface area contributed by atoms with Crippen LogP contribution in [-0.4, -0.2) is 20.0 Å². The Kier molecular flexibility index (Phi) is 2.98. The minimum absolute atomic E-state index is 1.08. The van der Waals surface area contributed by atoms with Crippen molar-refractivity contribution in [1.82, 2.24) is 0 Å². The Hall–Kier alpha value is 1.37. The van der Waals surface area contributed by atoms with Gasteiger partial charge in [-0.1, -0.05) is 0 Å². The van der Waals surface area contributed by atoms with Gasteiger partial charge in [-0.15, -0.1) is 0 Å². The summed E-state index contributed by atoms with van der Waals surface area (Å²) < 4.78 is -1.08. The third-order valence-corrected chi connectivity index (χ3v) is 10.8. The van der Waals surface area contributed by atoms with Crippen LogP contribution in [0.1, 0.15) is 13.8 Å². The average molecular weight is 238 g/mol. The second-order valence-electron chi connectivity index (χ2n) is 2.06. The van der Waals surface area contributed by atoms with Gasteiger partial charge in [-0.05, 0) is 0 Å².